The van der Waals surface area contributed by atoms with Gasteiger partial charge in [-0.1, -0.05) is 222 Å². The number of hydrogen-bond donors (Lipinski definition) is 0. The maximum absolute atomic E-state index is 6.31. The van der Waals surface area contributed by atoms with Gasteiger partial charge in [-0.25, -0.2) is 0 Å². The molecule has 1 nitrogen and oxygen atoms in total. The number of para-hydroxylation sites is 1. The van der Waals surface area contributed by atoms with Crippen molar-refractivity contribution in [3.05, 3.63) is 263 Å². The second kappa shape index (κ2) is 16.3. The molecule has 1 heteroatoms. The molecular formula is C69H54O. The third-order valence-electron chi connectivity index (χ3n) is 16.0. The topological polar surface area (TPSA) is 13.1 Å². The van der Waals surface area contributed by atoms with Gasteiger partial charge in [0.1, 0.15) is 11.2 Å². The first-order chi connectivity index (χ1) is 34.2. The molecule has 0 saturated heterocycles. The van der Waals surface area contributed by atoms with Crippen LogP contribution in [0.2, 0.25) is 0 Å². The van der Waals surface area contributed by atoms with Gasteiger partial charge in [0, 0.05) is 27.5 Å². The molecule has 10 aromatic carbocycles. The van der Waals surface area contributed by atoms with Crippen LogP contribution in [0, 0.1) is 0 Å². The quantitative estimate of drug-likeness (QED) is 0.141. The number of furan rings is 1. The Morgan fingerprint density at radius 3 is 1.46 bits per heavy atom. The molecule has 0 radical (unpaired) electrons. The lowest BCUT2D eigenvalue weighted by Gasteiger charge is -2.25. The average molecular weight is 899 g/mol. The highest BCUT2D eigenvalue weighted by Gasteiger charge is 2.38. The third-order valence-corrected chi connectivity index (χ3v) is 16.0. The van der Waals surface area contributed by atoms with Crippen LogP contribution in [0.5, 0.6) is 0 Å². The molecule has 1 atom stereocenters. The molecule has 336 valence electrons. The number of hydrogen-bond acceptors (Lipinski definition) is 1. The van der Waals surface area contributed by atoms with Gasteiger partial charge in [-0.2, -0.15) is 0 Å². The molecule has 1 aromatic heterocycles. The molecule has 0 N–H and O–H groups in total. The van der Waals surface area contributed by atoms with Crippen LogP contribution in [-0.4, -0.2) is 0 Å². The molecule has 2 aliphatic carbocycles. The Morgan fingerprint density at radius 1 is 0.329 bits per heavy atom. The lowest BCUT2D eigenvalue weighted by atomic mass is 9.78. The van der Waals surface area contributed by atoms with Gasteiger partial charge in [-0.05, 0) is 149 Å². The first-order valence-corrected chi connectivity index (χ1v) is 25.0. The third kappa shape index (κ3) is 6.90. The van der Waals surface area contributed by atoms with Crippen molar-refractivity contribution in [2.24, 2.45) is 0 Å². The van der Waals surface area contributed by atoms with E-state index in [1.54, 1.807) is 0 Å². The van der Waals surface area contributed by atoms with Crippen LogP contribution >= 0.6 is 0 Å². The van der Waals surface area contributed by atoms with Gasteiger partial charge in [0.05, 0.1) is 0 Å². The summed E-state index contributed by atoms with van der Waals surface area (Å²) in [7, 11) is 0. The molecule has 11 aromatic rings. The molecule has 0 bridgehead atoms. The average Bonchev–Trinajstić information content (AvgIpc) is 3.97. The predicted molar refractivity (Wildman–Crippen MR) is 294 cm³/mol. The zero-order valence-electron chi connectivity index (χ0n) is 40.3. The standard InChI is InChI=1S/C69H54O/c1-68(2)62-39-44(24-34-56(62)57-36-30-50(41-64(57)68)51-31-38-61-60-21-13-14-22-66(60)70-67(61)43-51)23-33-53(47-25-27-48(28-26-47)55-20-12-11-19-54(55)46-17-9-6-10-18-46)52-32-37-59-58-35-29-49(45-15-7-5-8-16-45)40-63(58)69(3,4)65(59)42-52/h5-22,24-32,34-43,53H,23,33H2,1-4H3. The van der Waals surface area contributed by atoms with E-state index >= 15 is 0 Å². The van der Waals surface area contributed by atoms with Crippen LogP contribution in [0.15, 0.2) is 229 Å². The number of rotatable bonds is 9. The second-order valence-corrected chi connectivity index (χ2v) is 20.8. The molecule has 0 saturated carbocycles. The molecule has 1 unspecified atom stereocenters. The highest BCUT2D eigenvalue weighted by Crippen LogP contribution is 2.52. The van der Waals surface area contributed by atoms with Crippen LogP contribution in [0.4, 0.5) is 0 Å². The molecule has 1 heterocycles. The van der Waals surface area contributed by atoms with Crippen LogP contribution in [0.1, 0.15) is 79.0 Å². The Morgan fingerprint density at radius 2 is 0.786 bits per heavy atom. The van der Waals surface area contributed by atoms with E-state index in [1.165, 1.54) is 106 Å². The van der Waals surface area contributed by atoms with Crippen molar-refractivity contribution in [1.82, 2.24) is 0 Å². The largest absolute Gasteiger partial charge is 0.456 e. The first-order valence-electron chi connectivity index (χ1n) is 25.0. The zero-order chi connectivity index (χ0) is 47.1. The monoisotopic (exact) mass is 898 g/mol. The summed E-state index contributed by atoms with van der Waals surface area (Å²) in [6.45, 7) is 9.63. The Bertz CT molecular complexity index is 3810. The number of aryl methyl sites for hydroxylation is 1. The zero-order valence-corrected chi connectivity index (χ0v) is 40.3. The number of fused-ring (bicyclic) bond motifs is 9. The van der Waals surface area contributed by atoms with Crippen molar-refractivity contribution in [3.8, 4) is 66.8 Å². The second-order valence-electron chi connectivity index (χ2n) is 20.8. The van der Waals surface area contributed by atoms with Gasteiger partial charge in [0.15, 0.2) is 0 Å². The summed E-state index contributed by atoms with van der Waals surface area (Å²) in [5.74, 6) is 0.202. The van der Waals surface area contributed by atoms with Gasteiger partial charge in [-0.3, -0.25) is 0 Å². The number of benzene rings is 10. The fraction of sp³-hybridized carbons (Fsp3) is 0.130. The SMILES string of the molecule is CC1(C)c2cc(CCC(c3ccc(-c4ccccc4-c4ccccc4)cc3)c3ccc4c(c3)C(C)(C)c3cc(-c5ccccc5)ccc3-4)ccc2-c2ccc(-c3ccc4c(c3)oc3ccccc34)cc21. The minimum Gasteiger partial charge on any atom is -0.456 e. The van der Waals surface area contributed by atoms with E-state index in [4.69, 9.17) is 4.42 Å². The first kappa shape index (κ1) is 42.1. The van der Waals surface area contributed by atoms with E-state index in [0.717, 1.165) is 34.8 Å². The lowest BCUT2D eigenvalue weighted by Crippen LogP contribution is -2.16. The Balaban J connectivity index is 0.836. The van der Waals surface area contributed by atoms with Crippen molar-refractivity contribution in [3.63, 3.8) is 0 Å². The molecule has 0 aliphatic heterocycles. The lowest BCUT2D eigenvalue weighted by molar-refractivity contribution is 0.652. The summed E-state index contributed by atoms with van der Waals surface area (Å²) >= 11 is 0. The summed E-state index contributed by atoms with van der Waals surface area (Å²) in [5, 5.41) is 2.32. The minimum absolute atomic E-state index is 0.137. The van der Waals surface area contributed by atoms with Crippen LogP contribution in [0.25, 0.3) is 88.7 Å². The smallest absolute Gasteiger partial charge is 0.136 e. The fourth-order valence-electron chi connectivity index (χ4n) is 12.1. The maximum Gasteiger partial charge on any atom is 0.136 e. The van der Waals surface area contributed by atoms with Gasteiger partial charge in [0.2, 0.25) is 0 Å². The van der Waals surface area contributed by atoms with Gasteiger partial charge in [0.25, 0.3) is 0 Å². The van der Waals surface area contributed by atoms with Crippen LogP contribution < -0.4 is 0 Å². The summed E-state index contributed by atoms with van der Waals surface area (Å²) < 4.78 is 6.31. The van der Waals surface area contributed by atoms with Gasteiger partial charge in [-0.15, -0.1) is 0 Å². The van der Waals surface area contributed by atoms with E-state index in [0.29, 0.717) is 0 Å². The van der Waals surface area contributed by atoms with Gasteiger partial charge >= 0.3 is 0 Å². The van der Waals surface area contributed by atoms with Crippen LogP contribution in [-0.2, 0) is 17.3 Å². The molecule has 0 amide bonds. The normalized spacial score (nSPS) is 14.3. The summed E-state index contributed by atoms with van der Waals surface area (Å²) in [5.41, 5.74) is 26.6. The summed E-state index contributed by atoms with van der Waals surface area (Å²) in [6.07, 6.45) is 1.96. The van der Waals surface area contributed by atoms with E-state index in [2.05, 4.69) is 246 Å². The highest BCUT2D eigenvalue weighted by molar-refractivity contribution is 6.06. The van der Waals surface area contributed by atoms with Crippen LogP contribution in [0.3, 0.4) is 0 Å². The van der Waals surface area contributed by atoms with Crippen molar-refractivity contribution in [1.29, 1.82) is 0 Å². The maximum atomic E-state index is 6.31. The van der Waals surface area contributed by atoms with E-state index in [-0.39, 0.29) is 16.7 Å². The Labute approximate surface area is 411 Å². The van der Waals surface area contributed by atoms with E-state index in [9.17, 15) is 0 Å². The van der Waals surface area contributed by atoms with E-state index < -0.39 is 0 Å². The Kier molecular flexibility index (Phi) is 9.82. The molecular weight excluding hydrogens is 845 g/mol. The predicted octanol–water partition coefficient (Wildman–Crippen LogP) is 18.6. The van der Waals surface area contributed by atoms with Gasteiger partial charge < -0.3 is 4.42 Å². The molecule has 0 fully saturated rings. The minimum atomic E-state index is -0.146. The van der Waals surface area contributed by atoms with Crippen molar-refractivity contribution < 1.29 is 4.42 Å². The highest BCUT2D eigenvalue weighted by atomic mass is 16.3. The van der Waals surface area contributed by atoms with Crippen molar-refractivity contribution in [2.75, 3.05) is 0 Å². The molecule has 13 rings (SSSR count). The van der Waals surface area contributed by atoms with E-state index in [1.807, 2.05) is 6.07 Å². The van der Waals surface area contributed by atoms with Crippen molar-refractivity contribution >= 4 is 21.9 Å². The Hall–Kier alpha value is -8.00. The fourth-order valence-corrected chi connectivity index (χ4v) is 12.1. The molecule has 2 aliphatic rings. The summed E-state index contributed by atoms with van der Waals surface area (Å²) in [4.78, 5) is 0. The molecule has 0 spiro atoms. The van der Waals surface area contributed by atoms with Crippen molar-refractivity contribution in [2.45, 2.75) is 57.3 Å². The molecule has 70 heavy (non-hydrogen) atoms. The summed E-state index contributed by atoms with van der Waals surface area (Å²) in [6, 6.07) is 83.6.